The molecule has 5 nitrogen and oxygen atoms in total. The number of hydrogen-bond donors (Lipinski definition) is 2. The number of carbonyl (C=O) groups excluding carboxylic acids is 1. The van der Waals surface area contributed by atoms with E-state index < -0.39 is 11.7 Å². The maximum atomic E-state index is 13.7. The van der Waals surface area contributed by atoms with Gasteiger partial charge in [-0.2, -0.15) is 0 Å². The molecule has 1 amide bonds. The van der Waals surface area contributed by atoms with Gasteiger partial charge in [-0.3, -0.25) is 4.79 Å². The predicted molar refractivity (Wildman–Crippen MR) is 112 cm³/mol. The van der Waals surface area contributed by atoms with Gasteiger partial charge in [0.15, 0.2) is 0 Å². The third kappa shape index (κ3) is 4.65. The van der Waals surface area contributed by atoms with E-state index >= 15 is 0 Å². The summed E-state index contributed by atoms with van der Waals surface area (Å²) in [5.74, 6) is -0.736. The molecule has 0 bridgehead atoms. The summed E-state index contributed by atoms with van der Waals surface area (Å²) < 4.78 is 13.7. The molecule has 0 atom stereocenters. The van der Waals surface area contributed by atoms with E-state index in [4.69, 9.17) is 0 Å². The van der Waals surface area contributed by atoms with Gasteiger partial charge in [0.1, 0.15) is 11.6 Å². The van der Waals surface area contributed by atoms with Crippen LogP contribution in [0, 0.1) is 5.82 Å². The Morgan fingerprint density at radius 1 is 0.964 bits per heavy atom. The Kier molecular flexibility index (Phi) is 6.22. The molecule has 2 N–H and O–H groups in total. The van der Waals surface area contributed by atoms with Crippen LogP contribution in [0.25, 0.3) is 0 Å². The largest absolute Gasteiger partial charge is 0.372 e. The number of benzene rings is 2. The van der Waals surface area contributed by atoms with E-state index in [9.17, 15) is 9.18 Å². The van der Waals surface area contributed by atoms with Crippen LogP contribution in [0.3, 0.4) is 0 Å². The van der Waals surface area contributed by atoms with E-state index in [1.807, 2.05) is 18.2 Å². The number of aromatic nitrogens is 1. The first kappa shape index (κ1) is 19.4. The summed E-state index contributed by atoms with van der Waals surface area (Å²) in [6.45, 7) is 6.20. The Bertz CT molecular complexity index is 922. The summed E-state index contributed by atoms with van der Waals surface area (Å²) in [5.41, 5.74) is 2.90. The molecule has 3 aromatic rings. The van der Waals surface area contributed by atoms with Crippen molar-refractivity contribution >= 4 is 28.8 Å². The highest BCUT2D eigenvalue weighted by Gasteiger charge is 2.11. The van der Waals surface area contributed by atoms with Crippen LogP contribution in [0.1, 0.15) is 24.2 Å². The molecule has 0 aliphatic carbocycles. The average molecular weight is 378 g/mol. The van der Waals surface area contributed by atoms with Crippen LogP contribution in [-0.4, -0.2) is 24.0 Å². The fourth-order valence-electron chi connectivity index (χ4n) is 2.88. The third-order valence-electron chi connectivity index (χ3n) is 4.41. The molecule has 0 saturated carbocycles. The van der Waals surface area contributed by atoms with Crippen molar-refractivity contribution in [2.24, 2.45) is 0 Å². The summed E-state index contributed by atoms with van der Waals surface area (Å²) in [5, 5.41) is 5.87. The minimum absolute atomic E-state index is 0.0141. The van der Waals surface area contributed by atoms with Crippen LogP contribution in [0.5, 0.6) is 0 Å². The molecule has 6 heteroatoms. The first-order valence-electron chi connectivity index (χ1n) is 9.24. The third-order valence-corrected chi connectivity index (χ3v) is 4.41. The van der Waals surface area contributed by atoms with Crippen molar-refractivity contribution in [2.75, 3.05) is 28.6 Å². The molecule has 2 aromatic carbocycles. The Balaban J connectivity index is 1.63. The highest BCUT2D eigenvalue weighted by molar-refractivity contribution is 6.03. The van der Waals surface area contributed by atoms with Gasteiger partial charge < -0.3 is 15.5 Å². The quantitative estimate of drug-likeness (QED) is 0.603. The highest BCUT2D eigenvalue weighted by Crippen LogP contribution is 2.21. The maximum absolute atomic E-state index is 13.7. The molecule has 0 radical (unpaired) electrons. The summed E-state index contributed by atoms with van der Waals surface area (Å²) in [4.78, 5) is 18.6. The van der Waals surface area contributed by atoms with Crippen LogP contribution >= 0.6 is 0 Å². The van der Waals surface area contributed by atoms with Gasteiger partial charge in [-0.05, 0) is 62.4 Å². The zero-order chi connectivity index (χ0) is 19.9. The van der Waals surface area contributed by atoms with Gasteiger partial charge in [-0.25, -0.2) is 9.37 Å². The number of halogens is 1. The Labute approximate surface area is 164 Å². The molecule has 0 fully saturated rings. The molecule has 1 heterocycles. The lowest BCUT2D eigenvalue weighted by Gasteiger charge is -2.21. The molecule has 0 saturated heterocycles. The van der Waals surface area contributed by atoms with Crippen molar-refractivity contribution in [3.63, 3.8) is 0 Å². The van der Waals surface area contributed by atoms with Crippen molar-refractivity contribution in [3.05, 3.63) is 78.2 Å². The number of anilines is 4. The van der Waals surface area contributed by atoms with Crippen LogP contribution in [0.2, 0.25) is 0 Å². The number of hydrogen-bond acceptors (Lipinski definition) is 4. The summed E-state index contributed by atoms with van der Waals surface area (Å²) in [6.07, 6.45) is 1.62. The molecular weight excluding hydrogens is 355 g/mol. The van der Waals surface area contributed by atoms with Gasteiger partial charge in [-0.1, -0.05) is 12.1 Å². The van der Waals surface area contributed by atoms with Crippen molar-refractivity contribution < 1.29 is 9.18 Å². The van der Waals surface area contributed by atoms with Crippen LogP contribution in [0.15, 0.2) is 66.9 Å². The average Bonchev–Trinajstić information content (AvgIpc) is 2.72. The number of amides is 1. The maximum Gasteiger partial charge on any atom is 0.259 e. The highest BCUT2D eigenvalue weighted by atomic mass is 19.1. The zero-order valence-electron chi connectivity index (χ0n) is 15.9. The van der Waals surface area contributed by atoms with Crippen molar-refractivity contribution in [3.8, 4) is 0 Å². The molecule has 0 aliphatic rings. The number of rotatable bonds is 7. The van der Waals surface area contributed by atoms with Gasteiger partial charge >= 0.3 is 0 Å². The zero-order valence-corrected chi connectivity index (χ0v) is 15.9. The van der Waals surface area contributed by atoms with E-state index in [-0.39, 0.29) is 5.56 Å². The Hall–Kier alpha value is -3.41. The Morgan fingerprint density at radius 3 is 2.25 bits per heavy atom. The van der Waals surface area contributed by atoms with E-state index in [0.717, 1.165) is 24.5 Å². The van der Waals surface area contributed by atoms with Crippen LogP contribution in [0.4, 0.5) is 27.3 Å². The van der Waals surface area contributed by atoms with Gasteiger partial charge in [0.25, 0.3) is 5.91 Å². The SMILES string of the molecule is CCN(CC)c1ccc(Nc2ccc(NC(=O)c3ccccc3F)nc2)cc1. The molecule has 0 spiro atoms. The molecule has 0 unspecified atom stereocenters. The van der Waals surface area contributed by atoms with Crippen molar-refractivity contribution in [2.45, 2.75) is 13.8 Å². The predicted octanol–water partition coefficient (Wildman–Crippen LogP) is 5.06. The molecule has 3 rings (SSSR count). The molecular formula is C22H23FN4O. The van der Waals surface area contributed by atoms with Gasteiger partial charge in [0, 0.05) is 24.5 Å². The lowest BCUT2D eigenvalue weighted by atomic mass is 10.2. The second kappa shape index (κ2) is 8.99. The Morgan fingerprint density at radius 2 is 1.64 bits per heavy atom. The van der Waals surface area contributed by atoms with Crippen LogP contribution < -0.4 is 15.5 Å². The molecule has 1 aromatic heterocycles. The first-order chi connectivity index (χ1) is 13.6. The molecule has 0 aliphatic heterocycles. The number of pyridine rings is 1. The van der Waals surface area contributed by atoms with E-state index in [2.05, 4.69) is 46.5 Å². The molecule has 144 valence electrons. The summed E-state index contributed by atoms with van der Waals surface area (Å²) in [7, 11) is 0. The second-order valence-corrected chi connectivity index (χ2v) is 6.21. The fourth-order valence-corrected chi connectivity index (χ4v) is 2.88. The van der Waals surface area contributed by atoms with Crippen LogP contribution in [-0.2, 0) is 0 Å². The standard InChI is InChI=1S/C22H23FN4O/c1-3-27(4-2)18-12-9-16(10-13-18)25-17-11-14-21(24-15-17)26-22(28)19-7-5-6-8-20(19)23/h5-15,25H,3-4H2,1-2H3,(H,24,26,28). The lowest BCUT2D eigenvalue weighted by molar-refractivity contribution is 0.102. The van der Waals surface area contributed by atoms with E-state index in [1.165, 1.54) is 17.8 Å². The minimum atomic E-state index is -0.563. The lowest BCUT2D eigenvalue weighted by Crippen LogP contribution is -2.21. The van der Waals surface area contributed by atoms with Crippen molar-refractivity contribution in [1.82, 2.24) is 4.98 Å². The normalized spacial score (nSPS) is 10.4. The van der Waals surface area contributed by atoms with Gasteiger partial charge in [-0.15, -0.1) is 0 Å². The number of nitrogens with zero attached hydrogens (tertiary/aromatic N) is 2. The second-order valence-electron chi connectivity index (χ2n) is 6.21. The summed E-state index contributed by atoms with van der Waals surface area (Å²) in [6, 6.07) is 17.5. The van der Waals surface area contributed by atoms with Crippen molar-refractivity contribution in [1.29, 1.82) is 0 Å². The molecule has 28 heavy (non-hydrogen) atoms. The minimum Gasteiger partial charge on any atom is -0.372 e. The number of carbonyl (C=O) groups is 1. The van der Waals surface area contributed by atoms with Gasteiger partial charge in [0.2, 0.25) is 0 Å². The monoisotopic (exact) mass is 378 g/mol. The van der Waals surface area contributed by atoms with E-state index in [0.29, 0.717) is 5.82 Å². The first-order valence-corrected chi connectivity index (χ1v) is 9.24. The smallest absolute Gasteiger partial charge is 0.259 e. The summed E-state index contributed by atoms with van der Waals surface area (Å²) >= 11 is 0. The van der Waals surface area contributed by atoms with E-state index in [1.54, 1.807) is 24.4 Å². The topological polar surface area (TPSA) is 57.3 Å². The fraction of sp³-hybridized carbons (Fsp3) is 0.182. The number of nitrogens with one attached hydrogen (secondary N) is 2. The van der Waals surface area contributed by atoms with Gasteiger partial charge in [0.05, 0.1) is 17.4 Å².